The number of anilines is 1. The van der Waals surface area contributed by atoms with Crippen molar-refractivity contribution in [3.8, 4) is 0 Å². The molecule has 0 bridgehead atoms. The lowest BCUT2D eigenvalue weighted by atomic mass is 10.3. The molecule has 1 N–H and O–H groups in total. The number of rotatable bonds is 2. The van der Waals surface area contributed by atoms with E-state index in [1.807, 2.05) is 0 Å². The first kappa shape index (κ1) is 13.2. The lowest BCUT2D eigenvalue weighted by Gasteiger charge is -2.07. The van der Waals surface area contributed by atoms with Crippen LogP contribution in [0.15, 0.2) is 37.8 Å². The number of hydrogen-bond donors (Lipinski definition) is 1. The van der Waals surface area contributed by atoms with Crippen LogP contribution in [0.2, 0.25) is 0 Å². The quantitative estimate of drug-likeness (QED) is 0.842. The van der Waals surface area contributed by atoms with Crippen molar-refractivity contribution in [1.82, 2.24) is 0 Å². The first-order valence-corrected chi connectivity index (χ1v) is 6.27. The Balaban J connectivity index is 2.27. The van der Waals surface area contributed by atoms with Gasteiger partial charge in [0.05, 0.1) is 5.69 Å². The van der Waals surface area contributed by atoms with Gasteiger partial charge in [0.2, 0.25) is 0 Å². The third kappa shape index (κ3) is 2.78. The third-order valence-corrected chi connectivity index (χ3v) is 3.09. The Kier molecular flexibility index (Phi) is 3.82. The van der Waals surface area contributed by atoms with Gasteiger partial charge in [0.1, 0.15) is 5.82 Å². The third-order valence-electron chi connectivity index (χ3n) is 2.04. The second kappa shape index (κ2) is 5.19. The molecule has 1 aromatic heterocycles. The summed E-state index contributed by atoms with van der Waals surface area (Å²) in [4.78, 5) is 11.7. The number of carbonyl (C=O) groups is 1. The van der Waals surface area contributed by atoms with Gasteiger partial charge in [0.25, 0.3) is 5.91 Å². The molecule has 1 amide bonds. The second-order valence-corrected chi connectivity index (χ2v) is 4.94. The van der Waals surface area contributed by atoms with Gasteiger partial charge >= 0.3 is 0 Å². The number of amides is 1. The van der Waals surface area contributed by atoms with Crippen molar-refractivity contribution in [3.05, 3.63) is 50.8 Å². The summed E-state index contributed by atoms with van der Waals surface area (Å²) in [5, 5.41) is 2.29. The van der Waals surface area contributed by atoms with Crippen LogP contribution in [0.3, 0.4) is 0 Å². The van der Waals surface area contributed by atoms with Gasteiger partial charge in [-0.15, -0.1) is 0 Å². The van der Waals surface area contributed by atoms with Crippen LogP contribution in [-0.4, -0.2) is 5.91 Å². The van der Waals surface area contributed by atoms with Crippen LogP contribution in [0.25, 0.3) is 0 Å². The zero-order valence-electron chi connectivity index (χ0n) is 8.64. The average Bonchev–Trinajstić information content (AvgIpc) is 2.70. The van der Waals surface area contributed by atoms with Gasteiger partial charge in [0.15, 0.2) is 16.2 Å². The van der Waals surface area contributed by atoms with E-state index >= 15 is 0 Å². The lowest BCUT2D eigenvalue weighted by Crippen LogP contribution is -2.12. The van der Waals surface area contributed by atoms with E-state index in [0.29, 0.717) is 10.7 Å². The maximum atomic E-state index is 13.5. The molecule has 2 rings (SSSR count). The molecule has 0 aliphatic heterocycles. The van der Waals surface area contributed by atoms with Crippen molar-refractivity contribution in [1.29, 1.82) is 0 Å². The van der Waals surface area contributed by atoms with Crippen molar-refractivity contribution in [2.75, 3.05) is 5.32 Å². The first-order valence-electron chi connectivity index (χ1n) is 4.68. The second-order valence-electron chi connectivity index (χ2n) is 3.30. The highest BCUT2D eigenvalue weighted by Crippen LogP contribution is 2.27. The van der Waals surface area contributed by atoms with E-state index in [9.17, 15) is 13.6 Å². The summed E-state index contributed by atoms with van der Waals surface area (Å²) in [6.07, 6.45) is 0. The molecule has 0 aliphatic carbocycles. The summed E-state index contributed by atoms with van der Waals surface area (Å²) < 4.78 is 31.8. The fourth-order valence-electron chi connectivity index (χ4n) is 1.27. The molecule has 1 heterocycles. The van der Waals surface area contributed by atoms with Crippen LogP contribution in [-0.2, 0) is 0 Å². The molecule has 2 aromatic rings. The average molecular weight is 381 g/mol. The standard InChI is InChI=1S/C11H5Br2F2NO2/c12-6-3-5(14)4-7(15)10(6)16-11(17)8-1-2-9(13)18-8/h1-4H,(H,16,17). The summed E-state index contributed by atoms with van der Waals surface area (Å²) in [7, 11) is 0. The van der Waals surface area contributed by atoms with Gasteiger partial charge in [-0.2, -0.15) is 0 Å². The Hall–Kier alpha value is -1.21. The molecule has 0 fully saturated rings. The molecule has 0 atom stereocenters. The highest BCUT2D eigenvalue weighted by molar-refractivity contribution is 9.10. The number of halogens is 4. The van der Waals surface area contributed by atoms with Crippen LogP contribution < -0.4 is 5.32 Å². The summed E-state index contributed by atoms with van der Waals surface area (Å²) in [5.41, 5.74) is -0.145. The Labute approximate surface area is 117 Å². The van der Waals surface area contributed by atoms with E-state index in [-0.39, 0.29) is 15.9 Å². The Morgan fingerprint density at radius 3 is 2.50 bits per heavy atom. The van der Waals surface area contributed by atoms with E-state index in [1.165, 1.54) is 12.1 Å². The summed E-state index contributed by atoms with van der Waals surface area (Å²) >= 11 is 6.01. The normalized spacial score (nSPS) is 10.4. The van der Waals surface area contributed by atoms with Crippen molar-refractivity contribution in [2.45, 2.75) is 0 Å². The Morgan fingerprint density at radius 1 is 1.22 bits per heavy atom. The van der Waals surface area contributed by atoms with E-state index in [0.717, 1.165) is 6.07 Å². The van der Waals surface area contributed by atoms with E-state index in [1.54, 1.807) is 0 Å². The van der Waals surface area contributed by atoms with Crippen molar-refractivity contribution < 1.29 is 18.0 Å². The maximum Gasteiger partial charge on any atom is 0.291 e. The van der Waals surface area contributed by atoms with E-state index in [4.69, 9.17) is 4.42 Å². The van der Waals surface area contributed by atoms with Crippen molar-refractivity contribution in [3.63, 3.8) is 0 Å². The van der Waals surface area contributed by atoms with Crippen molar-refractivity contribution >= 4 is 43.5 Å². The number of nitrogens with one attached hydrogen (secondary N) is 1. The van der Waals surface area contributed by atoms with Gasteiger partial charge in [0, 0.05) is 10.5 Å². The van der Waals surface area contributed by atoms with Gasteiger partial charge in [-0.3, -0.25) is 4.79 Å². The SMILES string of the molecule is O=C(Nc1c(F)cc(F)cc1Br)c1ccc(Br)o1. The molecular weight excluding hydrogens is 376 g/mol. The molecule has 0 aliphatic rings. The zero-order valence-corrected chi connectivity index (χ0v) is 11.8. The lowest BCUT2D eigenvalue weighted by molar-refractivity contribution is 0.0995. The molecule has 94 valence electrons. The Bertz CT molecular complexity index is 590. The highest BCUT2D eigenvalue weighted by atomic mass is 79.9. The summed E-state index contributed by atoms with van der Waals surface area (Å²) in [6, 6.07) is 4.69. The molecule has 0 unspecified atom stereocenters. The molecule has 3 nitrogen and oxygen atoms in total. The van der Waals surface area contributed by atoms with Crippen LogP contribution in [0, 0.1) is 11.6 Å². The fraction of sp³-hybridized carbons (Fsp3) is 0. The predicted octanol–water partition coefficient (Wildman–Crippen LogP) is 4.34. The molecule has 0 saturated heterocycles. The molecule has 18 heavy (non-hydrogen) atoms. The van der Waals surface area contributed by atoms with Crippen LogP contribution in [0.5, 0.6) is 0 Å². The maximum absolute atomic E-state index is 13.5. The van der Waals surface area contributed by atoms with E-state index < -0.39 is 17.5 Å². The minimum Gasteiger partial charge on any atom is -0.444 e. The van der Waals surface area contributed by atoms with Gasteiger partial charge in [-0.05, 0) is 50.1 Å². The molecule has 0 radical (unpaired) electrons. The smallest absolute Gasteiger partial charge is 0.291 e. The molecular formula is C11H5Br2F2NO2. The highest BCUT2D eigenvalue weighted by Gasteiger charge is 2.16. The monoisotopic (exact) mass is 379 g/mol. The minimum absolute atomic E-state index is 0.0116. The largest absolute Gasteiger partial charge is 0.444 e. The molecule has 7 heteroatoms. The topological polar surface area (TPSA) is 42.2 Å². The fourth-order valence-corrected chi connectivity index (χ4v) is 2.09. The van der Waals surface area contributed by atoms with Gasteiger partial charge in [-0.25, -0.2) is 8.78 Å². The van der Waals surface area contributed by atoms with Crippen LogP contribution in [0.4, 0.5) is 14.5 Å². The van der Waals surface area contributed by atoms with Gasteiger partial charge < -0.3 is 9.73 Å². The molecule has 0 spiro atoms. The van der Waals surface area contributed by atoms with Crippen LogP contribution >= 0.6 is 31.9 Å². The molecule has 0 saturated carbocycles. The predicted molar refractivity (Wildman–Crippen MR) is 68.4 cm³/mol. The summed E-state index contributed by atoms with van der Waals surface area (Å²) in [6.45, 7) is 0. The minimum atomic E-state index is -0.874. The number of carbonyl (C=O) groups excluding carboxylic acids is 1. The zero-order chi connectivity index (χ0) is 13.3. The van der Waals surface area contributed by atoms with Gasteiger partial charge in [-0.1, -0.05) is 0 Å². The van der Waals surface area contributed by atoms with Crippen LogP contribution in [0.1, 0.15) is 10.6 Å². The molecule has 1 aromatic carbocycles. The number of furan rings is 1. The number of hydrogen-bond acceptors (Lipinski definition) is 2. The van der Waals surface area contributed by atoms with E-state index in [2.05, 4.69) is 37.2 Å². The van der Waals surface area contributed by atoms with Crippen molar-refractivity contribution in [2.24, 2.45) is 0 Å². The number of benzene rings is 1. The first-order chi connectivity index (χ1) is 8.47. The summed E-state index contributed by atoms with van der Waals surface area (Å²) in [5.74, 6) is -2.23. The Morgan fingerprint density at radius 2 is 1.94 bits per heavy atom.